The topological polar surface area (TPSA) is 113 Å². The lowest BCUT2D eigenvalue weighted by molar-refractivity contribution is -0.141. The van der Waals surface area contributed by atoms with Gasteiger partial charge in [0.25, 0.3) is 15.9 Å². The number of nitrogens with zero attached hydrogens (tertiary/aromatic N) is 2. The minimum Gasteiger partial charge on any atom is -0.497 e. The summed E-state index contributed by atoms with van der Waals surface area (Å²) in [6.07, 6.45) is 0.118. The van der Waals surface area contributed by atoms with E-state index in [4.69, 9.17) is 4.74 Å². The van der Waals surface area contributed by atoms with Crippen molar-refractivity contribution in [3.05, 3.63) is 59.7 Å². The molecule has 1 aliphatic rings. The summed E-state index contributed by atoms with van der Waals surface area (Å²) in [6.45, 7) is 3.83. The summed E-state index contributed by atoms with van der Waals surface area (Å²) in [7, 11) is -2.48. The highest BCUT2D eigenvalue weighted by Crippen LogP contribution is 2.30. The maximum Gasteiger partial charge on any atom is 0.269 e. The fourth-order valence-electron chi connectivity index (χ4n) is 3.97. The summed E-state index contributed by atoms with van der Waals surface area (Å²) in [6, 6.07) is 12.4. The summed E-state index contributed by atoms with van der Waals surface area (Å²) in [4.78, 5) is 40.1. The number of nitrogens with one attached hydrogen (secondary N) is 1. The number of methoxy groups -OCH3 is 1. The highest BCUT2D eigenvalue weighted by Gasteiger charge is 2.41. The molecule has 3 rings (SSSR count). The van der Waals surface area contributed by atoms with Gasteiger partial charge in [0.2, 0.25) is 11.8 Å². The zero-order valence-corrected chi connectivity index (χ0v) is 20.3. The molecule has 1 atom stereocenters. The van der Waals surface area contributed by atoms with Gasteiger partial charge in [0, 0.05) is 26.1 Å². The third kappa shape index (κ3) is 5.06. The molecule has 34 heavy (non-hydrogen) atoms. The zero-order valence-electron chi connectivity index (χ0n) is 19.5. The molecule has 0 saturated carbocycles. The number of carbonyl (C=O) groups excluding carboxylic acids is 3. The Morgan fingerprint density at radius 3 is 2.50 bits per heavy atom. The fourth-order valence-corrected chi connectivity index (χ4v) is 5.54. The summed E-state index contributed by atoms with van der Waals surface area (Å²) in [5.41, 5.74) is 0.852. The third-order valence-electron chi connectivity index (χ3n) is 5.66. The van der Waals surface area contributed by atoms with Crippen LogP contribution in [0.4, 0.5) is 0 Å². The first-order valence-electron chi connectivity index (χ1n) is 11.1. The maximum atomic E-state index is 13.3. The van der Waals surface area contributed by atoms with Crippen molar-refractivity contribution in [3.8, 4) is 5.75 Å². The van der Waals surface area contributed by atoms with Crippen LogP contribution in [0.2, 0.25) is 0 Å². The molecule has 1 aliphatic heterocycles. The van der Waals surface area contributed by atoms with Gasteiger partial charge in [0.15, 0.2) is 0 Å². The second-order valence-electron chi connectivity index (χ2n) is 7.82. The van der Waals surface area contributed by atoms with Crippen molar-refractivity contribution in [1.82, 2.24) is 14.5 Å². The Kier molecular flexibility index (Phi) is 7.93. The van der Waals surface area contributed by atoms with Crippen LogP contribution in [0.15, 0.2) is 53.4 Å². The van der Waals surface area contributed by atoms with Crippen LogP contribution in [0.5, 0.6) is 5.75 Å². The van der Waals surface area contributed by atoms with Crippen LogP contribution in [0, 0.1) is 0 Å². The first kappa shape index (κ1) is 25.2. The molecule has 182 valence electrons. The van der Waals surface area contributed by atoms with Gasteiger partial charge >= 0.3 is 0 Å². The van der Waals surface area contributed by atoms with Crippen molar-refractivity contribution in [2.75, 3.05) is 20.2 Å². The highest BCUT2D eigenvalue weighted by atomic mass is 32.2. The Hall–Kier alpha value is -3.40. The van der Waals surface area contributed by atoms with Crippen molar-refractivity contribution in [2.45, 2.75) is 44.2 Å². The Labute approximate surface area is 199 Å². The number of ether oxygens (including phenoxy) is 1. The first-order valence-corrected chi connectivity index (χ1v) is 12.5. The molecule has 0 fully saturated rings. The molecule has 0 aliphatic carbocycles. The molecule has 10 heteroatoms. The quantitative estimate of drug-likeness (QED) is 0.550. The largest absolute Gasteiger partial charge is 0.497 e. The first-order chi connectivity index (χ1) is 16.2. The van der Waals surface area contributed by atoms with Crippen LogP contribution in [-0.2, 0) is 26.2 Å². The van der Waals surface area contributed by atoms with Crippen LogP contribution in [-0.4, -0.2) is 61.6 Å². The van der Waals surface area contributed by atoms with E-state index < -0.39 is 27.9 Å². The Morgan fingerprint density at radius 1 is 1.12 bits per heavy atom. The van der Waals surface area contributed by atoms with E-state index in [0.717, 1.165) is 9.87 Å². The van der Waals surface area contributed by atoms with Crippen LogP contribution >= 0.6 is 0 Å². The van der Waals surface area contributed by atoms with Crippen molar-refractivity contribution in [1.29, 1.82) is 0 Å². The fraction of sp³-hybridized carbons (Fsp3) is 0.375. The number of amides is 3. The molecule has 3 amide bonds. The van der Waals surface area contributed by atoms with Crippen molar-refractivity contribution >= 4 is 27.7 Å². The number of carbonyl (C=O) groups is 3. The smallest absolute Gasteiger partial charge is 0.269 e. The van der Waals surface area contributed by atoms with Crippen LogP contribution in [0.3, 0.4) is 0 Å². The van der Waals surface area contributed by atoms with Gasteiger partial charge in [-0.05, 0) is 43.2 Å². The van der Waals surface area contributed by atoms with Crippen molar-refractivity contribution in [3.63, 3.8) is 0 Å². The van der Waals surface area contributed by atoms with E-state index in [1.165, 1.54) is 24.1 Å². The molecule has 0 radical (unpaired) electrons. The molecule has 0 spiro atoms. The Bertz CT molecular complexity index is 1180. The third-order valence-corrected chi connectivity index (χ3v) is 7.51. The van der Waals surface area contributed by atoms with Gasteiger partial charge in [-0.25, -0.2) is 12.7 Å². The van der Waals surface area contributed by atoms with Crippen molar-refractivity contribution in [2.24, 2.45) is 0 Å². The molecular formula is C24H29N3O6S. The van der Waals surface area contributed by atoms with E-state index in [2.05, 4.69) is 5.32 Å². The molecule has 9 nitrogen and oxygen atoms in total. The number of rotatable bonds is 10. The summed E-state index contributed by atoms with van der Waals surface area (Å²) in [5.74, 6) is -0.764. The number of fused-ring (bicyclic) bond motifs is 1. The molecule has 0 aromatic heterocycles. The molecule has 0 unspecified atom stereocenters. The number of hydrogen-bond donors (Lipinski definition) is 1. The predicted molar refractivity (Wildman–Crippen MR) is 126 cm³/mol. The highest BCUT2D eigenvalue weighted by molar-refractivity contribution is 7.90. The van der Waals surface area contributed by atoms with E-state index in [1.807, 2.05) is 6.07 Å². The van der Waals surface area contributed by atoms with Gasteiger partial charge in [0.1, 0.15) is 16.7 Å². The average molecular weight is 488 g/mol. The average Bonchev–Trinajstić information content (AvgIpc) is 3.02. The molecule has 0 saturated heterocycles. The standard InChI is InChI=1S/C24H29N3O6S/c1-4-20(23(29)25-5-2)26(16-17-9-8-10-18(15-17)33-3)22(28)13-14-27-24(30)19-11-6-7-12-21(19)34(27,31)32/h6-12,15,20H,4-5,13-14,16H2,1-3H3,(H,25,29)/t20-/m1/s1. The van der Waals surface area contributed by atoms with E-state index >= 15 is 0 Å². The van der Waals surface area contributed by atoms with Crippen LogP contribution in [0.25, 0.3) is 0 Å². The summed E-state index contributed by atoms with van der Waals surface area (Å²) < 4.78 is 31.6. The minimum atomic E-state index is -4.02. The normalized spacial score (nSPS) is 14.9. The minimum absolute atomic E-state index is 0.0607. The van der Waals surface area contributed by atoms with Crippen LogP contribution in [0.1, 0.15) is 42.6 Å². The lowest BCUT2D eigenvalue weighted by Gasteiger charge is -2.31. The molecular weight excluding hydrogens is 458 g/mol. The summed E-state index contributed by atoms with van der Waals surface area (Å²) in [5, 5.41) is 2.75. The van der Waals surface area contributed by atoms with Crippen LogP contribution < -0.4 is 10.1 Å². The zero-order chi connectivity index (χ0) is 24.9. The SMILES string of the molecule is CCNC(=O)[C@@H](CC)N(Cc1cccc(OC)c1)C(=O)CCN1C(=O)c2ccccc2S1(=O)=O. The van der Waals surface area contributed by atoms with Gasteiger partial charge in [-0.1, -0.05) is 31.2 Å². The lowest BCUT2D eigenvalue weighted by Crippen LogP contribution is -2.49. The van der Waals surface area contributed by atoms with Gasteiger partial charge in [0.05, 0.1) is 12.7 Å². The van der Waals surface area contributed by atoms with Gasteiger partial charge < -0.3 is 15.0 Å². The van der Waals surface area contributed by atoms with E-state index in [1.54, 1.807) is 44.2 Å². The number of benzene rings is 2. The molecule has 0 bridgehead atoms. The Morgan fingerprint density at radius 2 is 1.85 bits per heavy atom. The van der Waals surface area contributed by atoms with E-state index in [9.17, 15) is 22.8 Å². The van der Waals surface area contributed by atoms with Gasteiger partial charge in [-0.2, -0.15) is 0 Å². The predicted octanol–water partition coefficient (Wildman–Crippen LogP) is 2.17. The molecule has 2 aromatic carbocycles. The maximum absolute atomic E-state index is 13.3. The monoisotopic (exact) mass is 487 g/mol. The van der Waals surface area contributed by atoms with E-state index in [0.29, 0.717) is 18.7 Å². The number of hydrogen-bond acceptors (Lipinski definition) is 6. The second-order valence-corrected chi connectivity index (χ2v) is 9.65. The molecule has 1 N–H and O–H groups in total. The molecule has 2 aromatic rings. The summed E-state index contributed by atoms with van der Waals surface area (Å²) >= 11 is 0. The van der Waals surface area contributed by atoms with Gasteiger partial charge in [-0.15, -0.1) is 0 Å². The number of sulfonamides is 1. The van der Waals surface area contributed by atoms with E-state index in [-0.39, 0.29) is 35.9 Å². The van der Waals surface area contributed by atoms with Gasteiger partial charge in [-0.3, -0.25) is 14.4 Å². The molecule has 1 heterocycles. The number of likely N-dealkylation sites (N-methyl/N-ethyl adjacent to an activating group) is 1. The Balaban J connectivity index is 1.83. The lowest BCUT2D eigenvalue weighted by atomic mass is 10.1. The van der Waals surface area contributed by atoms with Crippen molar-refractivity contribution < 1.29 is 27.5 Å². The second kappa shape index (κ2) is 10.7.